The lowest BCUT2D eigenvalue weighted by Crippen LogP contribution is -2.46. The molecule has 0 saturated heterocycles. The molecule has 1 aromatic rings. The molecule has 1 unspecified atom stereocenters. The first kappa shape index (κ1) is 23.8. The van der Waals surface area contributed by atoms with Crippen molar-refractivity contribution in [2.45, 2.75) is 13.1 Å². The molecule has 12 heteroatoms. The van der Waals surface area contributed by atoms with Crippen molar-refractivity contribution in [1.29, 1.82) is 0 Å². The van der Waals surface area contributed by atoms with Crippen LogP contribution in [0.4, 0.5) is 17.6 Å². The monoisotopic (exact) mass is 477 g/mol. The van der Waals surface area contributed by atoms with E-state index in [4.69, 9.17) is 44.4 Å². The van der Waals surface area contributed by atoms with Gasteiger partial charge in [-0.1, -0.05) is 23.2 Å². The molecule has 1 amide bonds. The minimum absolute atomic E-state index is 0.0657. The summed E-state index contributed by atoms with van der Waals surface area (Å²) >= 11 is 18.2. The van der Waals surface area contributed by atoms with Crippen LogP contribution >= 0.6 is 34.8 Å². The number of nitrogens with zero attached hydrogens (tertiary/aromatic N) is 1. The molecule has 1 aliphatic rings. The van der Waals surface area contributed by atoms with Crippen LogP contribution < -0.4 is 10.3 Å². The molecule has 160 valence electrons. The molecule has 1 aromatic carbocycles. The number of carbonyl (C=O) groups excluding carboxylic acids is 1. The molecule has 0 fully saturated rings. The minimum atomic E-state index is -4.85. The molecule has 2 rings (SSSR count). The lowest BCUT2D eigenvalue weighted by molar-refractivity contribution is -0.834. The summed E-state index contributed by atoms with van der Waals surface area (Å²) in [6, 6.07) is 1.83. The fourth-order valence-electron chi connectivity index (χ4n) is 2.81. The molecular formula is C17H16Cl3F4N2O3+. The van der Waals surface area contributed by atoms with Gasteiger partial charge in [0, 0.05) is 19.6 Å². The second-order valence-electron chi connectivity index (χ2n) is 6.26. The number of rotatable bonds is 6. The Kier molecular flexibility index (Phi) is 7.12. The second kappa shape index (κ2) is 8.69. The first-order chi connectivity index (χ1) is 13.3. The summed E-state index contributed by atoms with van der Waals surface area (Å²) in [5.41, 5.74) is 0.112. The maximum absolute atomic E-state index is 14.6. The number of alkyl halides is 3. The number of quaternary nitrogens is 1. The Balaban J connectivity index is 2.70. The maximum Gasteiger partial charge on any atom is 0.469 e. The van der Waals surface area contributed by atoms with Crippen molar-refractivity contribution in [2.75, 3.05) is 27.3 Å². The summed E-state index contributed by atoms with van der Waals surface area (Å²) in [7, 11) is 2.52. The highest BCUT2D eigenvalue weighted by Crippen LogP contribution is 2.53. The molecule has 1 N–H and O–H groups in total. The zero-order valence-electron chi connectivity index (χ0n) is 15.4. The van der Waals surface area contributed by atoms with E-state index in [1.807, 2.05) is 5.48 Å². The normalized spacial score (nSPS) is 19.8. The fourth-order valence-corrected chi connectivity index (χ4v) is 3.90. The SMILES string of the molecule is COCC[N+]1(C)C(Cl)=C(c2cc(ONC(C)=O)c(Cl)cc2F)C(Cl)=C1C(F)(F)F. The van der Waals surface area contributed by atoms with Crippen LogP contribution in [0.3, 0.4) is 0 Å². The van der Waals surface area contributed by atoms with E-state index in [-0.39, 0.29) is 40.2 Å². The predicted molar refractivity (Wildman–Crippen MR) is 100 cm³/mol. The predicted octanol–water partition coefficient (Wildman–Crippen LogP) is 4.94. The summed E-state index contributed by atoms with van der Waals surface area (Å²) < 4.78 is 59.9. The van der Waals surface area contributed by atoms with Crippen LogP contribution in [0.5, 0.6) is 5.75 Å². The number of allylic oxidation sites excluding steroid dienone is 3. The van der Waals surface area contributed by atoms with Gasteiger partial charge in [0.1, 0.15) is 17.4 Å². The van der Waals surface area contributed by atoms with Gasteiger partial charge in [-0.15, -0.1) is 0 Å². The van der Waals surface area contributed by atoms with E-state index in [0.717, 1.165) is 19.1 Å². The third kappa shape index (κ3) is 4.64. The van der Waals surface area contributed by atoms with Crippen LogP contribution in [0.15, 0.2) is 28.0 Å². The number of halogens is 7. The first-order valence-electron chi connectivity index (χ1n) is 8.00. The Morgan fingerprint density at radius 2 is 1.86 bits per heavy atom. The number of hydrogen-bond donors (Lipinski definition) is 1. The molecule has 1 atom stereocenters. The average molecular weight is 479 g/mol. The summed E-state index contributed by atoms with van der Waals surface area (Å²) in [4.78, 5) is 16.0. The van der Waals surface area contributed by atoms with Crippen molar-refractivity contribution >= 4 is 46.3 Å². The molecule has 0 bridgehead atoms. The van der Waals surface area contributed by atoms with Crippen LogP contribution in [0.2, 0.25) is 5.02 Å². The van der Waals surface area contributed by atoms with Crippen LogP contribution in [-0.4, -0.2) is 43.9 Å². The zero-order valence-corrected chi connectivity index (χ0v) is 17.7. The number of carbonyl (C=O) groups is 1. The quantitative estimate of drug-likeness (QED) is 0.273. The molecule has 0 spiro atoms. The van der Waals surface area contributed by atoms with E-state index < -0.39 is 33.1 Å². The molecule has 0 aromatic heterocycles. The molecule has 0 aliphatic carbocycles. The molecule has 0 saturated carbocycles. The number of likely N-dealkylation sites (N-methyl/N-ethyl adjacent to an activating group) is 1. The maximum atomic E-state index is 14.6. The minimum Gasteiger partial charge on any atom is -0.379 e. The van der Waals surface area contributed by atoms with Gasteiger partial charge in [-0.2, -0.15) is 18.7 Å². The third-order valence-corrected chi connectivity index (χ3v) is 5.39. The van der Waals surface area contributed by atoms with Gasteiger partial charge in [0.25, 0.3) is 0 Å². The molecule has 5 nitrogen and oxygen atoms in total. The van der Waals surface area contributed by atoms with Gasteiger partial charge in [0.05, 0.1) is 24.3 Å². The van der Waals surface area contributed by atoms with Gasteiger partial charge in [-0.3, -0.25) is 4.79 Å². The molecule has 1 aliphatic heterocycles. The zero-order chi connectivity index (χ0) is 22.1. The van der Waals surface area contributed by atoms with E-state index in [0.29, 0.717) is 0 Å². The van der Waals surface area contributed by atoms with E-state index >= 15 is 0 Å². The summed E-state index contributed by atoms with van der Waals surface area (Å²) in [5, 5.41) is -1.33. The van der Waals surface area contributed by atoms with Gasteiger partial charge in [-0.05, 0) is 23.7 Å². The van der Waals surface area contributed by atoms with Crippen molar-refractivity contribution in [3.8, 4) is 5.75 Å². The van der Waals surface area contributed by atoms with Crippen LogP contribution in [0.1, 0.15) is 12.5 Å². The van der Waals surface area contributed by atoms with E-state index in [1.54, 1.807) is 0 Å². The highest BCUT2D eigenvalue weighted by atomic mass is 35.5. The molecular weight excluding hydrogens is 463 g/mol. The number of hydroxylamine groups is 1. The summed E-state index contributed by atoms with van der Waals surface area (Å²) in [6.07, 6.45) is -4.85. The Morgan fingerprint density at radius 1 is 1.24 bits per heavy atom. The fraction of sp³-hybridized carbons (Fsp3) is 0.353. The summed E-state index contributed by atoms with van der Waals surface area (Å²) in [5.74, 6) is -1.75. The van der Waals surface area contributed by atoms with Crippen molar-refractivity contribution in [3.05, 3.63) is 44.4 Å². The standard InChI is InChI=1S/C17H15Cl3F4N2O3/c1-8(27)25-29-12-6-9(11(21)7-10(12)18)13-14(19)15(17(22,23)24)26(2,16(13)20)4-5-28-3/h6-7H,4-5H2,1-3H3/p+1. The second-order valence-corrected chi connectivity index (χ2v) is 7.40. The topological polar surface area (TPSA) is 47.6 Å². The van der Waals surface area contributed by atoms with Crippen LogP contribution in [-0.2, 0) is 9.53 Å². The van der Waals surface area contributed by atoms with Gasteiger partial charge < -0.3 is 9.57 Å². The highest BCUT2D eigenvalue weighted by molar-refractivity contribution is 6.42. The van der Waals surface area contributed by atoms with Crippen molar-refractivity contribution in [3.63, 3.8) is 0 Å². The third-order valence-electron chi connectivity index (χ3n) is 4.17. The lowest BCUT2D eigenvalue weighted by Gasteiger charge is -2.32. The first-order valence-corrected chi connectivity index (χ1v) is 9.13. The number of amides is 1. The van der Waals surface area contributed by atoms with E-state index in [1.165, 1.54) is 14.2 Å². The smallest absolute Gasteiger partial charge is 0.379 e. The van der Waals surface area contributed by atoms with Crippen LogP contribution in [0, 0.1) is 5.82 Å². The van der Waals surface area contributed by atoms with Gasteiger partial charge in [0.15, 0.2) is 5.75 Å². The largest absolute Gasteiger partial charge is 0.469 e. The van der Waals surface area contributed by atoms with Gasteiger partial charge >= 0.3 is 6.18 Å². The number of hydrogen-bond acceptors (Lipinski definition) is 3. The number of methoxy groups -OCH3 is 1. The Bertz CT molecular complexity index is 903. The number of ether oxygens (including phenoxy) is 1. The van der Waals surface area contributed by atoms with E-state index in [2.05, 4.69) is 0 Å². The Labute approximate surface area is 178 Å². The average Bonchev–Trinajstić information content (AvgIpc) is 2.79. The van der Waals surface area contributed by atoms with Crippen molar-refractivity contribution in [1.82, 2.24) is 5.48 Å². The number of benzene rings is 1. The molecule has 29 heavy (non-hydrogen) atoms. The summed E-state index contributed by atoms with van der Waals surface area (Å²) in [6.45, 7) is 0.890. The number of nitrogens with one attached hydrogen (secondary N) is 1. The lowest BCUT2D eigenvalue weighted by atomic mass is 10.1. The molecule has 0 radical (unpaired) electrons. The van der Waals surface area contributed by atoms with Crippen molar-refractivity contribution < 1.29 is 36.4 Å². The molecule has 1 heterocycles. The Hall–Kier alpha value is -1.52. The van der Waals surface area contributed by atoms with E-state index in [9.17, 15) is 22.4 Å². The Morgan fingerprint density at radius 3 is 2.38 bits per heavy atom. The van der Waals surface area contributed by atoms with Gasteiger partial charge in [-0.25, -0.2) is 8.87 Å². The van der Waals surface area contributed by atoms with Crippen molar-refractivity contribution in [2.24, 2.45) is 0 Å². The van der Waals surface area contributed by atoms with Crippen LogP contribution in [0.25, 0.3) is 5.57 Å². The highest BCUT2D eigenvalue weighted by Gasteiger charge is 2.57. The van der Waals surface area contributed by atoms with Gasteiger partial charge in [0.2, 0.25) is 16.8 Å².